The first-order chi connectivity index (χ1) is 12.8. The molecule has 10 heteroatoms. The number of halogens is 2. The molecule has 3 rings (SSSR count). The zero-order chi connectivity index (χ0) is 19.6. The lowest BCUT2D eigenvalue weighted by Gasteiger charge is -2.29. The molecule has 3 N–H and O–H groups in total. The van der Waals surface area contributed by atoms with Gasteiger partial charge in [0.15, 0.2) is 5.82 Å². The summed E-state index contributed by atoms with van der Waals surface area (Å²) in [6.45, 7) is 0.914. The van der Waals surface area contributed by atoms with Crippen LogP contribution in [0.2, 0.25) is 5.02 Å². The van der Waals surface area contributed by atoms with E-state index in [9.17, 15) is 19.1 Å². The number of amides is 3. The van der Waals surface area contributed by atoms with Crippen molar-refractivity contribution in [3.8, 4) is 0 Å². The van der Waals surface area contributed by atoms with E-state index in [-0.39, 0.29) is 28.7 Å². The molecular weight excluding hydrogens is 377 g/mol. The number of piperidine rings is 1. The Morgan fingerprint density at radius 3 is 2.63 bits per heavy atom. The second-order valence-corrected chi connectivity index (χ2v) is 6.68. The van der Waals surface area contributed by atoms with Crippen molar-refractivity contribution in [3.05, 3.63) is 40.8 Å². The van der Waals surface area contributed by atoms with Crippen molar-refractivity contribution in [1.82, 2.24) is 14.7 Å². The normalized spacial score (nSPS) is 14.9. The second kappa shape index (κ2) is 7.93. The maximum atomic E-state index is 13.2. The van der Waals surface area contributed by atoms with E-state index in [0.29, 0.717) is 31.6 Å². The fourth-order valence-corrected chi connectivity index (χ4v) is 2.95. The Hall–Kier alpha value is -2.65. The van der Waals surface area contributed by atoms with Crippen molar-refractivity contribution in [3.63, 3.8) is 0 Å². The highest BCUT2D eigenvalue weighted by atomic mass is 35.5. The first-order valence-electron chi connectivity index (χ1n) is 8.38. The van der Waals surface area contributed by atoms with Crippen molar-refractivity contribution in [2.24, 2.45) is 7.05 Å². The number of aliphatic hydroxyl groups excluding tert-OH is 1. The first-order valence-corrected chi connectivity index (χ1v) is 8.75. The van der Waals surface area contributed by atoms with Crippen LogP contribution in [0.1, 0.15) is 23.3 Å². The molecule has 0 atom stereocenters. The molecule has 1 aromatic carbocycles. The number of rotatable bonds is 3. The summed E-state index contributed by atoms with van der Waals surface area (Å²) < 4.78 is 14.5. The molecule has 8 nitrogen and oxygen atoms in total. The van der Waals surface area contributed by atoms with Gasteiger partial charge in [-0.15, -0.1) is 0 Å². The maximum Gasteiger partial charge on any atom is 0.323 e. The topological polar surface area (TPSA) is 99.5 Å². The number of benzene rings is 1. The predicted octanol–water partition coefficient (Wildman–Crippen LogP) is 2.45. The number of aryl methyl sites for hydroxylation is 1. The molecular formula is C17H19ClFN5O3. The predicted molar refractivity (Wildman–Crippen MR) is 98.4 cm³/mol. The molecule has 144 valence electrons. The lowest BCUT2D eigenvalue weighted by molar-refractivity contribution is 0.0970. The number of aliphatic hydroxyl groups is 1. The van der Waals surface area contributed by atoms with Crippen LogP contribution in [0, 0.1) is 5.82 Å². The number of carbonyl (C=O) groups excluding carboxylic acids is 2. The Bertz CT molecular complexity index is 864. The van der Waals surface area contributed by atoms with Crippen LogP contribution in [0.3, 0.4) is 0 Å². The number of aromatic nitrogens is 2. The fraction of sp³-hybridized carbons (Fsp3) is 0.353. The number of nitrogens with one attached hydrogen (secondary N) is 2. The van der Waals surface area contributed by atoms with Gasteiger partial charge in [-0.05, 0) is 31.0 Å². The van der Waals surface area contributed by atoms with Crippen LogP contribution in [-0.4, -0.2) is 50.9 Å². The van der Waals surface area contributed by atoms with Gasteiger partial charge >= 0.3 is 6.03 Å². The number of anilines is 2. The molecule has 1 aliphatic heterocycles. The lowest BCUT2D eigenvalue weighted by atomic mass is 10.1. The summed E-state index contributed by atoms with van der Waals surface area (Å²) in [5, 5.41) is 18.8. The molecule has 0 bridgehead atoms. The summed E-state index contributed by atoms with van der Waals surface area (Å²) >= 11 is 5.71. The first kappa shape index (κ1) is 19.1. The number of hydrogen-bond donors (Lipinski definition) is 3. The van der Waals surface area contributed by atoms with Crippen molar-refractivity contribution >= 4 is 35.0 Å². The van der Waals surface area contributed by atoms with Crippen LogP contribution in [0.4, 0.5) is 20.7 Å². The SMILES string of the molecule is Cn1nc(NC(=O)N2CCC(O)CC2)cc1C(=O)Nc1ccc(F)c(Cl)c1. The van der Waals surface area contributed by atoms with Crippen molar-refractivity contribution in [1.29, 1.82) is 0 Å². The minimum absolute atomic E-state index is 0.0996. The van der Waals surface area contributed by atoms with Gasteiger partial charge in [0.2, 0.25) is 0 Å². The summed E-state index contributed by atoms with van der Waals surface area (Å²) in [4.78, 5) is 26.3. The second-order valence-electron chi connectivity index (χ2n) is 6.27. The zero-order valence-corrected chi connectivity index (χ0v) is 15.3. The Balaban J connectivity index is 1.65. The summed E-state index contributed by atoms with van der Waals surface area (Å²) in [5.41, 5.74) is 0.546. The van der Waals surface area contributed by atoms with E-state index in [1.54, 1.807) is 11.9 Å². The van der Waals surface area contributed by atoms with E-state index in [2.05, 4.69) is 15.7 Å². The smallest absolute Gasteiger partial charge is 0.323 e. The van der Waals surface area contributed by atoms with Crippen molar-refractivity contribution in [2.45, 2.75) is 18.9 Å². The van der Waals surface area contributed by atoms with Gasteiger partial charge in [-0.2, -0.15) is 5.10 Å². The standard InChI is InChI=1S/C17H19ClFN5O3/c1-23-14(16(26)20-10-2-3-13(19)12(18)8-10)9-15(22-23)21-17(27)24-6-4-11(25)5-7-24/h2-3,8-9,11,25H,4-7H2,1H3,(H,20,26)(H,21,22,27). The van der Waals surface area contributed by atoms with E-state index in [1.165, 1.54) is 22.9 Å². The van der Waals surface area contributed by atoms with E-state index in [4.69, 9.17) is 11.6 Å². The fourth-order valence-electron chi connectivity index (χ4n) is 2.77. The van der Waals surface area contributed by atoms with Crippen molar-refractivity contribution < 1.29 is 19.1 Å². The number of likely N-dealkylation sites (tertiary alicyclic amines) is 1. The Morgan fingerprint density at radius 1 is 1.26 bits per heavy atom. The largest absolute Gasteiger partial charge is 0.393 e. The maximum absolute atomic E-state index is 13.2. The van der Waals surface area contributed by atoms with Crippen LogP contribution in [-0.2, 0) is 7.05 Å². The van der Waals surface area contributed by atoms with Crippen LogP contribution in [0.5, 0.6) is 0 Å². The van der Waals surface area contributed by atoms with Crippen molar-refractivity contribution in [2.75, 3.05) is 23.7 Å². The third-order valence-electron chi connectivity index (χ3n) is 4.28. The molecule has 1 aliphatic rings. The van der Waals surface area contributed by atoms with Gasteiger partial charge in [0.1, 0.15) is 11.5 Å². The molecule has 0 unspecified atom stereocenters. The third kappa shape index (κ3) is 4.55. The molecule has 0 aliphatic carbocycles. The highest BCUT2D eigenvalue weighted by Gasteiger charge is 2.22. The van der Waals surface area contributed by atoms with Gasteiger partial charge in [0.05, 0.1) is 11.1 Å². The Kier molecular flexibility index (Phi) is 5.62. The molecule has 0 radical (unpaired) electrons. The quantitative estimate of drug-likeness (QED) is 0.743. The number of urea groups is 1. The molecule has 0 saturated carbocycles. The van der Waals surface area contributed by atoms with E-state index >= 15 is 0 Å². The van der Waals surface area contributed by atoms with Gasteiger partial charge in [0, 0.05) is 31.9 Å². The summed E-state index contributed by atoms with van der Waals surface area (Å²) in [6.07, 6.45) is 0.687. The van der Waals surface area contributed by atoms with E-state index < -0.39 is 11.7 Å². The van der Waals surface area contributed by atoms with Gasteiger partial charge in [-0.25, -0.2) is 9.18 Å². The minimum atomic E-state index is -0.578. The highest BCUT2D eigenvalue weighted by molar-refractivity contribution is 6.31. The molecule has 2 aromatic rings. The average molecular weight is 396 g/mol. The number of carbonyl (C=O) groups is 2. The summed E-state index contributed by atoms with van der Waals surface area (Å²) in [5.74, 6) is -0.824. The van der Waals surface area contributed by atoms with E-state index in [0.717, 1.165) is 6.07 Å². The molecule has 27 heavy (non-hydrogen) atoms. The Morgan fingerprint density at radius 2 is 1.96 bits per heavy atom. The molecule has 1 saturated heterocycles. The number of hydrogen-bond acceptors (Lipinski definition) is 4. The molecule has 2 heterocycles. The third-order valence-corrected chi connectivity index (χ3v) is 4.57. The molecule has 3 amide bonds. The zero-order valence-electron chi connectivity index (χ0n) is 14.6. The highest BCUT2D eigenvalue weighted by Crippen LogP contribution is 2.20. The van der Waals surface area contributed by atoms with Gasteiger partial charge in [-0.1, -0.05) is 11.6 Å². The van der Waals surface area contributed by atoms with E-state index in [1.807, 2.05) is 0 Å². The Labute approximate surface area is 159 Å². The summed E-state index contributed by atoms with van der Waals surface area (Å²) in [7, 11) is 1.57. The molecule has 1 aromatic heterocycles. The van der Waals surface area contributed by atoms with Crippen LogP contribution >= 0.6 is 11.6 Å². The molecule has 1 fully saturated rings. The lowest BCUT2D eigenvalue weighted by Crippen LogP contribution is -2.42. The van der Waals surface area contributed by atoms with Crippen LogP contribution < -0.4 is 10.6 Å². The van der Waals surface area contributed by atoms with Crippen LogP contribution in [0.15, 0.2) is 24.3 Å². The monoisotopic (exact) mass is 395 g/mol. The van der Waals surface area contributed by atoms with Gasteiger partial charge in [0.25, 0.3) is 5.91 Å². The molecule has 0 spiro atoms. The van der Waals surface area contributed by atoms with Crippen LogP contribution in [0.25, 0.3) is 0 Å². The average Bonchev–Trinajstić information content (AvgIpc) is 2.99. The van der Waals surface area contributed by atoms with Gasteiger partial charge in [-0.3, -0.25) is 14.8 Å². The number of nitrogens with zero attached hydrogens (tertiary/aromatic N) is 3. The minimum Gasteiger partial charge on any atom is -0.393 e. The van der Waals surface area contributed by atoms with Gasteiger partial charge < -0.3 is 15.3 Å². The summed E-state index contributed by atoms with van der Waals surface area (Å²) in [6, 6.07) is 4.96.